The van der Waals surface area contributed by atoms with Crippen molar-refractivity contribution in [1.82, 2.24) is 4.72 Å². The Hall–Kier alpha value is -0.830. The highest BCUT2D eigenvalue weighted by Gasteiger charge is 2.31. The summed E-state index contributed by atoms with van der Waals surface area (Å²) in [7, 11) is -3.75. The van der Waals surface area contributed by atoms with Gasteiger partial charge in [0.2, 0.25) is 10.0 Å². The zero-order chi connectivity index (χ0) is 17.0. The third-order valence-corrected chi connectivity index (χ3v) is 4.96. The highest BCUT2D eigenvalue weighted by molar-refractivity contribution is 7.88. The van der Waals surface area contributed by atoms with Gasteiger partial charge in [0.25, 0.3) is 0 Å². The molecular weight excluding hydrogens is 353 g/mol. The average molecular weight is 375 g/mol. The van der Waals surface area contributed by atoms with E-state index in [-0.39, 0.29) is 24.5 Å². The summed E-state index contributed by atoms with van der Waals surface area (Å²) in [6, 6.07) is 4.29. The first-order valence-corrected chi connectivity index (χ1v) is 8.59. The van der Waals surface area contributed by atoms with Gasteiger partial charge in [-0.05, 0) is 24.5 Å². The zero-order valence-electron chi connectivity index (χ0n) is 13.0. The zero-order valence-corrected chi connectivity index (χ0v) is 14.6. The minimum atomic E-state index is -4.50. The number of nitrogens with one attached hydrogen (secondary N) is 1. The molecule has 0 heterocycles. The van der Waals surface area contributed by atoms with Crippen molar-refractivity contribution in [3.8, 4) is 0 Å². The molecular formula is C14H22ClF3N2O2S. The Balaban J connectivity index is 0.00000484. The van der Waals surface area contributed by atoms with Crippen molar-refractivity contribution in [2.24, 2.45) is 5.73 Å². The van der Waals surface area contributed by atoms with E-state index in [2.05, 4.69) is 4.72 Å². The third kappa shape index (κ3) is 7.07. The number of sulfonamides is 1. The summed E-state index contributed by atoms with van der Waals surface area (Å²) in [6.45, 7) is 3.76. The first kappa shape index (κ1) is 22.2. The summed E-state index contributed by atoms with van der Waals surface area (Å²) >= 11 is 0. The fourth-order valence-electron chi connectivity index (χ4n) is 1.86. The maximum atomic E-state index is 12.6. The summed E-state index contributed by atoms with van der Waals surface area (Å²) in [5.41, 5.74) is 4.57. The molecule has 0 radical (unpaired) electrons. The smallest absolute Gasteiger partial charge is 0.324 e. The fraction of sp³-hybridized carbons (Fsp3) is 0.571. The van der Waals surface area contributed by atoms with Crippen LogP contribution < -0.4 is 10.5 Å². The van der Waals surface area contributed by atoms with E-state index in [0.717, 1.165) is 12.1 Å². The van der Waals surface area contributed by atoms with Crippen LogP contribution in [-0.2, 0) is 22.0 Å². The Kier molecular flexibility index (Phi) is 8.02. The SMILES string of the molecule is CCC(N)(CC)CNS(=O)(=O)Cc1cccc(C(F)(F)F)c1.Cl. The van der Waals surface area contributed by atoms with Crippen LogP contribution in [-0.4, -0.2) is 20.5 Å². The van der Waals surface area contributed by atoms with Crippen LogP contribution in [0.2, 0.25) is 0 Å². The van der Waals surface area contributed by atoms with Crippen molar-refractivity contribution < 1.29 is 21.6 Å². The maximum absolute atomic E-state index is 12.6. The molecule has 0 amide bonds. The first-order chi connectivity index (χ1) is 10.0. The number of hydrogen-bond donors (Lipinski definition) is 2. The van der Waals surface area contributed by atoms with Crippen LogP contribution in [0.5, 0.6) is 0 Å². The van der Waals surface area contributed by atoms with Crippen LogP contribution in [0.15, 0.2) is 24.3 Å². The van der Waals surface area contributed by atoms with Crippen molar-refractivity contribution in [3.63, 3.8) is 0 Å². The van der Waals surface area contributed by atoms with Crippen LogP contribution in [0.3, 0.4) is 0 Å². The van der Waals surface area contributed by atoms with E-state index in [1.807, 2.05) is 13.8 Å². The Morgan fingerprint density at radius 1 is 1.17 bits per heavy atom. The van der Waals surface area contributed by atoms with Crippen LogP contribution in [0.25, 0.3) is 0 Å². The Morgan fingerprint density at radius 2 is 1.74 bits per heavy atom. The lowest BCUT2D eigenvalue weighted by molar-refractivity contribution is -0.137. The van der Waals surface area contributed by atoms with E-state index in [1.54, 1.807) is 0 Å². The molecule has 1 aromatic rings. The van der Waals surface area contributed by atoms with Gasteiger partial charge in [0, 0.05) is 12.1 Å². The molecule has 0 spiro atoms. The third-order valence-electron chi connectivity index (χ3n) is 3.66. The van der Waals surface area contributed by atoms with Crippen molar-refractivity contribution >= 4 is 22.4 Å². The van der Waals surface area contributed by atoms with E-state index in [0.29, 0.717) is 12.8 Å². The molecule has 1 rings (SSSR count). The van der Waals surface area contributed by atoms with Crippen molar-refractivity contribution in [1.29, 1.82) is 0 Å². The number of rotatable bonds is 7. The second-order valence-electron chi connectivity index (χ2n) is 5.35. The van der Waals surface area contributed by atoms with Crippen LogP contribution in [0.1, 0.15) is 37.8 Å². The fourth-order valence-corrected chi connectivity index (χ4v) is 3.09. The highest BCUT2D eigenvalue weighted by Crippen LogP contribution is 2.29. The molecule has 0 atom stereocenters. The summed E-state index contributed by atoms with van der Waals surface area (Å²) in [4.78, 5) is 0. The lowest BCUT2D eigenvalue weighted by Gasteiger charge is -2.26. The summed E-state index contributed by atoms with van der Waals surface area (Å²) in [5, 5.41) is 0. The predicted octanol–water partition coefficient (Wildman–Crippen LogP) is 3.06. The van der Waals surface area contributed by atoms with Gasteiger partial charge in [-0.25, -0.2) is 13.1 Å². The summed E-state index contributed by atoms with van der Waals surface area (Å²) in [5.74, 6) is -0.513. The molecule has 0 saturated carbocycles. The molecule has 4 nitrogen and oxygen atoms in total. The largest absolute Gasteiger partial charge is 0.416 e. The van der Waals surface area contributed by atoms with Crippen molar-refractivity contribution in [2.45, 2.75) is 44.2 Å². The molecule has 0 unspecified atom stereocenters. The van der Waals surface area contributed by atoms with E-state index >= 15 is 0 Å². The van der Waals surface area contributed by atoms with Crippen LogP contribution in [0.4, 0.5) is 13.2 Å². The Bertz CT molecular complexity index is 602. The average Bonchev–Trinajstić information content (AvgIpc) is 2.44. The van der Waals surface area contributed by atoms with E-state index in [1.165, 1.54) is 12.1 Å². The first-order valence-electron chi connectivity index (χ1n) is 6.94. The molecule has 1 aromatic carbocycles. The molecule has 0 bridgehead atoms. The topological polar surface area (TPSA) is 72.2 Å². The van der Waals surface area contributed by atoms with Crippen molar-refractivity contribution in [3.05, 3.63) is 35.4 Å². The van der Waals surface area contributed by atoms with Gasteiger partial charge in [0.1, 0.15) is 0 Å². The molecule has 0 aliphatic heterocycles. The predicted molar refractivity (Wildman–Crippen MR) is 86.8 cm³/mol. The van der Waals surface area contributed by atoms with Crippen molar-refractivity contribution in [2.75, 3.05) is 6.54 Å². The molecule has 23 heavy (non-hydrogen) atoms. The lowest BCUT2D eigenvalue weighted by Crippen LogP contribution is -2.49. The molecule has 0 aliphatic carbocycles. The molecule has 134 valence electrons. The van der Waals surface area contributed by atoms with Gasteiger partial charge in [0.05, 0.1) is 11.3 Å². The monoisotopic (exact) mass is 374 g/mol. The van der Waals surface area contributed by atoms with E-state index < -0.39 is 33.1 Å². The van der Waals surface area contributed by atoms with Gasteiger partial charge in [-0.2, -0.15) is 13.2 Å². The minimum absolute atomic E-state index is 0. The molecule has 0 aliphatic rings. The van der Waals surface area contributed by atoms with Crippen LogP contribution in [0, 0.1) is 0 Å². The van der Waals surface area contributed by atoms with E-state index in [4.69, 9.17) is 5.73 Å². The summed E-state index contributed by atoms with van der Waals surface area (Å²) in [6.07, 6.45) is -3.31. The number of hydrogen-bond acceptors (Lipinski definition) is 3. The number of nitrogens with two attached hydrogens (primary N) is 1. The number of halogens is 4. The molecule has 0 aromatic heterocycles. The summed E-state index contributed by atoms with van der Waals surface area (Å²) < 4.78 is 64.2. The quantitative estimate of drug-likeness (QED) is 0.770. The maximum Gasteiger partial charge on any atom is 0.416 e. The van der Waals surface area contributed by atoms with Gasteiger partial charge in [-0.3, -0.25) is 0 Å². The van der Waals surface area contributed by atoms with Crippen LogP contribution >= 0.6 is 12.4 Å². The lowest BCUT2D eigenvalue weighted by atomic mass is 9.95. The minimum Gasteiger partial charge on any atom is -0.324 e. The Labute approximate surface area is 141 Å². The molecule has 0 fully saturated rings. The van der Waals surface area contributed by atoms with E-state index in [9.17, 15) is 21.6 Å². The Morgan fingerprint density at radius 3 is 2.22 bits per heavy atom. The molecule has 9 heteroatoms. The standard InChI is InChI=1S/C14H21F3N2O2S.ClH/c1-3-13(18,4-2)10-19-22(20,21)9-11-6-5-7-12(8-11)14(15,16)17;/h5-8,19H,3-4,9-10,18H2,1-2H3;1H. The second-order valence-corrected chi connectivity index (χ2v) is 7.15. The molecule has 3 N–H and O–H groups in total. The van der Waals surface area contributed by atoms with Gasteiger partial charge in [-0.15, -0.1) is 12.4 Å². The number of benzene rings is 1. The van der Waals surface area contributed by atoms with Gasteiger partial charge < -0.3 is 5.73 Å². The van der Waals surface area contributed by atoms with Gasteiger partial charge in [-0.1, -0.05) is 32.0 Å². The molecule has 0 saturated heterocycles. The number of alkyl halides is 3. The van der Waals surface area contributed by atoms with Gasteiger partial charge in [0.15, 0.2) is 0 Å². The highest BCUT2D eigenvalue weighted by atomic mass is 35.5. The normalized spacial score (nSPS) is 12.8. The van der Waals surface area contributed by atoms with Gasteiger partial charge >= 0.3 is 6.18 Å². The second kappa shape index (κ2) is 8.32.